The molecule has 0 aliphatic rings. The third-order valence-corrected chi connectivity index (χ3v) is 1.80. The number of nitrogen functional groups attached to an aromatic ring is 1. The lowest BCUT2D eigenvalue weighted by molar-refractivity contribution is 0.449. The Kier molecular flexibility index (Phi) is 1.41. The third kappa shape index (κ3) is 0.831. The Morgan fingerprint density at radius 1 is 1.42 bits per heavy atom. The minimum absolute atomic E-state index is 0.180. The van der Waals surface area contributed by atoms with Crippen molar-refractivity contribution in [2.24, 2.45) is 0 Å². The van der Waals surface area contributed by atoms with Gasteiger partial charge in [-0.3, -0.25) is 0 Å². The first kappa shape index (κ1) is 7.30. The van der Waals surface area contributed by atoms with Crippen molar-refractivity contribution in [3.8, 4) is 0 Å². The van der Waals surface area contributed by atoms with Gasteiger partial charge in [0.1, 0.15) is 0 Å². The molecule has 0 saturated carbocycles. The zero-order valence-electron chi connectivity index (χ0n) is 6.21. The number of anilines is 1. The molecule has 0 aliphatic carbocycles. The summed E-state index contributed by atoms with van der Waals surface area (Å²) in [6.07, 6.45) is 0. The summed E-state index contributed by atoms with van der Waals surface area (Å²) in [7, 11) is 0. The van der Waals surface area contributed by atoms with Crippen molar-refractivity contribution in [2.45, 2.75) is 6.92 Å². The molecule has 0 aromatic carbocycles. The number of nitrogens with two attached hydrogens (primary N) is 1. The minimum Gasteiger partial charge on any atom is -0.382 e. The van der Waals surface area contributed by atoms with Crippen LogP contribution in [0.3, 0.4) is 0 Å². The summed E-state index contributed by atoms with van der Waals surface area (Å²) in [5.41, 5.74) is 6.59. The topological polar surface area (TPSA) is 77.8 Å². The first-order valence-electron chi connectivity index (χ1n) is 3.24. The van der Waals surface area contributed by atoms with Gasteiger partial charge in [-0.25, -0.2) is 0 Å². The van der Waals surface area contributed by atoms with Gasteiger partial charge in [-0.2, -0.15) is 0 Å². The Hall–Kier alpha value is -1.36. The minimum atomic E-state index is 0.180. The number of aromatic nitrogens is 3. The lowest BCUT2D eigenvalue weighted by atomic mass is 10.3. The van der Waals surface area contributed by atoms with Gasteiger partial charge in [0.2, 0.25) is 5.58 Å². The molecule has 2 N–H and O–H groups in total. The van der Waals surface area contributed by atoms with Crippen molar-refractivity contribution in [2.75, 3.05) is 5.73 Å². The summed E-state index contributed by atoms with van der Waals surface area (Å²) >= 11 is 5.68. The van der Waals surface area contributed by atoms with E-state index in [1.807, 2.05) is 0 Å². The second kappa shape index (κ2) is 2.31. The number of hydrogen-bond acceptors (Lipinski definition) is 5. The van der Waals surface area contributed by atoms with Crippen LogP contribution in [0.2, 0.25) is 5.15 Å². The van der Waals surface area contributed by atoms with E-state index in [1.54, 1.807) is 6.92 Å². The molecule has 2 rings (SSSR count). The van der Waals surface area contributed by atoms with Crippen molar-refractivity contribution in [3.63, 3.8) is 0 Å². The summed E-state index contributed by atoms with van der Waals surface area (Å²) < 4.78 is 4.90. The molecule has 5 nitrogen and oxygen atoms in total. The van der Waals surface area contributed by atoms with Gasteiger partial charge < -0.3 is 10.3 Å². The number of fused-ring (bicyclic) bond motifs is 1. The van der Waals surface area contributed by atoms with Crippen LogP contribution in [0.1, 0.15) is 5.69 Å². The van der Waals surface area contributed by atoms with Gasteiger partial charge in [-0.05, 0) is 6.92 Å². The van der Waals surface area contributed by atoms with E-state index in [9.17, 15) is 0 Å². The van der Waals surface area contributed by atoms with Crippen LogP contribution >= 0.6 is 11.6 Å². The molecule has 0 aliphatic heterocycles. The SMILES string of the molecule is Cc1noc2c(Cl)nnc(N)c12. The first-order chi connectivity index (χ1) is 5.70. The predicted molar refractivity (Wildman–Crippen MR) is 43.8 cm³/mol. The van der Waals surface area contributed by atoms with E-state index in [0.717, 1.165) is 0 Å². The highest BCUT2D eigenvalue weighted by Gasteiger charge is 2.12. The van der Waals surface area contributed by atoms with Gasteiger partial charge >= 0.3 is 0 Å². The molecule has 0 saturated heterocycles. The van der Waals surface area contributed by atoms with Crippen LogP contribution in [-0.4, -0.2) is 15.4 Å². The van der Waals surface area contributed by atoms with Gasteiger partial charge in [0, 0.05) is 0 Å². The first-order valence-corrected chi connectivity index (χ1v) is 3.61. The molecule has 2 heterocycles. The van der Waals surface area contributed by atoms with E-state index >= 15 is 0 Å². The quantitative estimate of drug-likeness (QED) is 0.665. The van der Waals surface area contributed by atoms with Gasteiger partial charge in [0.25, 0.3) is 0 Å². The average molecular weight is 185 g/mol. The van der Waals surface area contributed by atoms with Crippen LogP contribution in [0.5, 0.6) is 0 Å². The van der Waals surface area contributed by atoms with Crippen molar-refractivity contribution >= 4 is 28.4 Å². The lowest BCUT2D eigenvalue weighted by Crippen LogP contribution is -1.94. The van der Waals surface area contributed by atoms with Gasteiger partial charge in [-0.1, -0.05) is 16.8 Å². The molecule has 6 heteroatoms. The second-order valence-corrected chi connectivity index (χ2v) is 2.71. The van der Waals surface area contributed by atoms with Crippen LogP contribution in [0.15, 0.2) is 4.52 Å². The highest BCUT2D eigenvalue weighted by atomic mass is 35.5. The zero-order chi connectivity index (χ0) is 8.72. The lowest BCUT2D eigenvalue weighted by Gasteiger charge is -1.92. The number of rotatable bonds is 0. The Morgan fingerprint density at radius 2 is 2.17 bits per heavy atom. The highest BCUT2D eigenvalue weighted by Crippen LogP contribution is 2.26. The molecular formula is C6H5ClN4O. The average Bonchev–Trinajstić information content (AvgIpc) is 2.42. The van der Waals surface area contributed by atoms with Crippen LogP contribution in [0, 0.1) is 6.92 Å². The smallest absolute Gasteiger partial charge is 0.210 e. The van der Waals surface area contributed by atoms with Crippen molar-refractivity contribution < 1.29 is 4.52 Å². The molecular weight excluding hydrogens is 180 g/mol. The normalized spacial score (nSPS) is 10.8. The fraction of sp³-hybridized carbons (Fsp3) is 0.167. The zero-order valence-corrected chi connectivity index (χ0v) is 6.96. The Bertz CT molecular complexity index is 438. The molecule has 2 aromatic heterocycles. The molecule has 0 fully saturated rings. The Labute approximate surface area is 72.5 Å². The van der Waals surface area contributed by atoms with Crippen molar-refractivity contribution in [1.82, 2.24) is 15.4 Å². The predicted octanol–water partition coefficient (Wildman–Crippen LogP) is 1.16. The Balaban J connectivity index is 2.98. The molecule has 62 valence electrons. The summed E-state index contributed by atoms with van der Waals surface area (Å²) in [4.78, 5) is 0. The van der Waals surface area contributed by atoms with Crippen LogP contribution in [-0.2, 0) is 0 Å². The van der Waals surface area contributed by atoms with E-state index in [-0.39, 0.29) is 11.0 Å². The molecule has 0 amide bonds. The summed E-state index contributed by atoms with van der Waals surface area (Å²) in [5, 5.41) is 11.7. The van der Waals surface area contributed by atoms with Crippen molar-refractivity contribution in [3.05, 3.63) is 10.8 Å². The maximum Gasteiger partial charge on any atom is 0.210 e. The van der Waals surface area contributed by atoms with Gasteiger partial charge in [0.05, 0.1) is 11.1 Å². The molecule has 0 bridgehead atoms. The fourth-order valence-electron chi connectivity index (χ4n) is 1.01. The van der Waals surface area contributed by atoms with E-state index in [1.165, 1.54) is 0 Å². The maximum atomic E-state index is 5.68. The summed E-state index contributed by atoms with van der Waals surface area (Å²) in [5.74, 6) is 0.285. The largest absolute Gasteiger partial charge is 0.382 e. The number of nitrogens with zero attached hydrogens (tertiary/aromatic N) is 3. The second-order valence-electron chi connectivity index (χ2n) is 2.35. The molecule has 2 aromatic rings. The monoisotopic (exact) mass is 184 g/mol. The molecule has 0 radical (unpaired) electrons. The van der Waals surface area contributed by atoms with E-state index in [0.29, 0.717) is 16.7 Å². The van der Waals surface area contributed by atoms with Gasteiger partial charge in [0.15, 0.2) is 11.0 Å². The van der Waals surface area contributed by atoms with Crippen LogP contribution in [0.25, 0.3) is 11.0 Å². The van der Waals surface area contributed by atoms with E-state index < -0.39 is 0 Å². The molecule has 0 unspecified atom stereocenters. The summed E-state index contributed by atoms with van der Waals surface area (Å²) in [6, 6.07) is 0. The third-order valence-electron chi connectivity index (χ3n) is 1.55. The molecule has 0 atom stereocenters. The standard InChI is InChI=1S/C6H5ClN4O/c1-2-3-4(12-11-2)5(7)9-10-6(3)8/h1H3,(H2,8,10). The fourth-order valence-corrected chi connectivity index (χ4v) is 1.17. The van der Waals surface area contributed by atoms with Gasteiger partial charge in [-0.15, -0.1) is 10.2 Å². The summed E-state index contributed by atoms with van der Waals surface area (Å²) in [6.45, 7) is 1.76. The van der Waals surface area contributed by atoms with E-state index in [4.69, 9.17) is 21.9 Å². The number of hydrogen-bond donors (Lipinski definition) is 1. The van der Waals surface area contributed by atoms with Crippen molar-refractivity contribution in [1.29, 1.82) is 0 Å². The van der Waals surface area contributed by atoms with Crippen LogP contribution < -0.4 is 5.73 Å². The number of aryl methyl sites for hydroxylation is 1. The molecule has 12 heavy (non-hydrogen) atoms. The maximum absolute atomic E-state index is 5.68. The molecule has 0 spiro atoms. The Morgan fingerprint density at radius 3 is 2.83 bits per heavy atom. The van der Waals surface area contributed by atoms with E-state index in [2.05, 4.69) is 15.4 Å². The van der Waals surface area contributed by atoms with Crippen LogP contribution in [0.4, 0.5) is 5.82 Å². The number of halogens is 1. The highest BCUT2D eigenvalue weighted by molar-refractivity contribution is 6.33.